The summed E-state index contributed by atoms with van der Waals surface area (Å²) in [7, 11) is 0. The van der Waals surface area contributed by atoms with E-state index in [1.807, 2.05) is 13.8 Å². The summed E-state index contributed by atoms with van der Waals surface area (Å²) in [4.78, 5) is 27.7. The fourth-order valence-corrected chi connectivity index (χ4v) is 4.68. The smallest absolute Gasteiger partial charge is 0.263 e. The lowest BCUT2D eigenvalue weighted by molar-refractivity contribution is -0.0829. The van der Waals surface area contributed by atoms with E-state index in [0.717, 1.165) is 25.9 Å². The molecule has 2 N–H and O–H groups in total. The zero-order valence-electron chi connectivity index (χ0n) is 18.7. The molecule has 0 aliphatic carbocycles. The number of amides is 1. The van der Waals surface area contributed by atoms with Crippen LogP contribution in [0.3, 0.4) is 0 Å². The van der Waals surface area contributed by atoms with Crippen molar-refractivity contribution in [3.63, 3.8) is 0 Å². The number of aliphatic hydroxyl groups is 1. The largest absolute Gasteiger partial charge is 0.388 e. The van der Waals surface area contributed by atoms with Crippen molar-refractivity contribution in [2.45, 2.75) is 58.1 Å². The van der Waals surface area contributed by atoms with Crippen LogP contribution in [0.15, 0.2) is 10.9 Å². The van der Waals surface area contributed by atoms with Gasteiger partial charge in [0.1, 0.15) is 5.56 Å². The van der Waals surface area contributed by atoms with Crippen molar-refractivity contribution < 1.29 is 14.6 Å². The van der Waals surface area contributed by atoms with Gasteiger partial charge in [-0.1, -0.05) is 11.6 Å². The van der Waals surface area contributed by atoms with Gasteiger partial charge in [0.25, 0.3) is 11.5 Å². The number of ether oxygens (including phenoxy) is 1. The molecule has 1 aromatic heterocycles. The Hall–Kier alpha value is -1.12. The van der Waals surface area contributed by atoms with E-state index < -0.39 is 5.60 Å². The van der Waals surface area contributed by atoms with Gasteiger partial charge in [0.15, 0.2) is 0 Å². The molecule has 0 spiro atoms. The van der Waals surface area contributed by atoms with Gasteiger partial charge < -0.3 is 24.6 Å². The average molecular weight is 476 g/mol. The molecule has 7 nitrogen and oxygen atoms in total. The summed E-state index contributed by atoms with van der Waals surface area (Å²) in [5.41, 5.74) is -0.172. The van der Waals surface area contributed by atoms with Crippen LogP contribution in [0.1, 0.15) is 61.6 Å². The van der Waals surface area contributed by atoms with Crippen molar-refractivity contribution in [1.82, 2.24) is 14.8 Å². The Labute approximate surface area is 195 Å². The van der Waals surface area contributed by atoms with Crippen molar-refractivity contribution in [1.29, 1.82) is 0 Å². The molecule has 0 atom stereocenters. The van der Waals surface area contributed by atoms with E-state index in [1.165, 1.54) is 6.07 Å². The van der Waals surface area contributed by atoms with Gasteiger partial charge in [0.05, 0.1) is 10.6 Å². The predicted octanol–water partition coefficient (Wildman–Crippen LogP) is 2.80. The van der Waals surface area contributed by atoms with Crippen molar-refractivity contribution in [3.8, 4) is 0 Å². The first kappa shape index (κ1) is 26.1. The maximum atomic E-state index is 12.7. The normalized spacial score (nSPS) is 19.8. The summed E-state index contributed by atoms with van der Waals surface area (Å²) in [5.74, 6) is -0.00183. The highest BCUT2D eigenvalue weighted by Gasteiger charge is 2.33. The molecule has 2 aliphatic heterocycles. The Bertz CT molecular complexity index is 814. The molecule has 176 valence electrons. The highest BCUT2D eigenvalue weighted by atomic mass is 35.5. The Kier molecular flexibility index (Phi) is 9.40. The molecule has 31 heavy (non-hydrogen) atoms. The second-order valence-electron chi connectivity index (χ2n) is 9.03. The number of hydrogen-bond acceptors (Lipinski definition) is 5. The third-order valence-corrected chi connectivity index (χ3v) is 6.77. The van der Waals surface area contributed by atoms with E-state index in [2.05, 4.69) is 10.2 Å². The van der Waals surface area contributed by atoms with E-state index >= 15 is 0 Å². The van der Waals surface area contributed by atoms with Crippen LogP contribution in [0, 0.1) is 12.8 Å². The standard InChI is InChI=1S/C22H34ClN3O4.ClH/c1-15(2)26-16(3)19(23)12-18(21(26)28)20(27)24-13-17-4-8-25(9-5-17)14-22(29)6-10-30-11-7-22;/h12,15,17,29H,4-11,13-14H2,1-3H3,(H,24,27);1H. The summed E-state index contributed by atoms with van der Waals surface area (Å²) in [6, 6.07) is 1.41. The van der Waals surface area contributed by atoms with Crippen LogP contribution in [0.2, 0.25) is 5.02 Å². The minimum Gasteiger partial charge on any atom is -0.388 e. The highest BCUT2D eigenvalue weighted by Crippen LogP contribution is 2.25. The molecule has 2 saturated heterocycles. The molecule has 3 heterocycles. The summed E-state index contributed by atoms with van der Waals surface area (Å²) < 4.78 is 6.92. The number of β-amino-alcohol motifs (C(OH)–C–C–N with tert-alkyl or cyclic N) is 1. The predicted molar refractivity (Wildman–Crippen MR) is 125 cm³/mol. The van der Waals surface area contributed by atoms with Crippen LogP contribution in [-0.4, -0.2) is 65.5 Å². The number of rotatable bonds is 6. The lowest BCUT2D eigenvalue weighted by Crippen LogP contribution is -2.49. The molecule has 0 aromatic carbocycles. The van der Waals surface area contributed by atoms with Gasteiger partial charge in [-0.05, 0) is 58.7 Å². The molecule has 1 aromatic rings. The monoisotopic (exact) mass is 475 g/mol. The second kappa shape index (κ2) is 11.1. The van der Waals surface area contributed by atoms with Gasteiger partial charge in [0.2, 0.25) is 0 Å². The minimum atomic E-state index is -0.639. The Morgan fingerprint density at radius 3 is 2.52 bits per heavy atom. The fourth-order valence-electron chi connectivity index (χ4n) is 4.48. The van der Waals surface area contributed by atoms with Gasteiger partial charge in [0, 0.05) is 50.9 Å². The van der Waals surface area contributed by atoms with Crippen molar-refractivity contribution in [2.24, 2.45) is 5.92 Å². The highest BCUT2D eigenvalue weighted by molar-refractivity contribution is 6.31. The third kappa shape index (κ3) is 6.45. The molecular weight excluding hydrogens is 441 g/mol. The van der Waals surface area contributed by atoms with Crippen LogP contribution >= 0.6 is 24.0 Å². The number of hydrogen-bond donors (Lipinski definition) is 2. The van der Waals surface area contributed by atoms with Gasteiger partial charge in [-0.2, -0.15) is 0 Å². The van der Waals surface area contributed by atoms with Crippen LogP contribution in [-0.2, 0) is 4.74 Å². The summed E-state index contributed by atoms with van der Waals surface area (Å²) in [6.07, 6.45) is 3.29. The number of nitrogens with zero attached hydrogens (tertiary/aromatic N) is 2. The number of carbonyl (C=O) groups is 1. The first-order valence-corrected chi connectivity index (χ1v) is 11.3. The van der Waals surface area contributed by atoms with Crippen molar-refractivity contribution in [3.05, 3.63) is 32.7 Å². The molecular formula is C22H35Cl2N3O4. The SMILES string of the molecule is Cc1c(Cl)cc(C(=O)NCC2CCN(CC3(O)CCOCC3)CC2)c(=O)n1C(C)C.Cl. The fraction of sp³-hybridized carbons (Fsp3) is 0.727. The van der Waals surface area contributed by atoms with Crippen molar-refractivity contribution >= 4 is 29.9 Å². The topological polar surface area (TPSA) is 83.8 Å². The molecule has 9 heteroatoms. The number of likely N-dealkylation sites (tertiary alicyclic amines) is 1. The Morgan fingerprint density at radius 1 is 1.32 bits per heavy atom. The molecule has 0 bridgehead atoms. The maximum absolute atomic E-state index is 12.7. The zero-order valence-corrected chi connectivity index (χ0v) is 20.2. The van der Waals surface area contributed by atoms with Gasteiger partial charge in [-0.15, -0.1) is 12.4 Å². The number of carbonyl (C=O) groups excluding carboxylic acids is 1. The van der Waals surface area contributed by atoms with Crippen LogP contribution in [0.4, 0.5) is 0 Å². The minimum absolute atomic E-state index is 0. The van der Waals surface area contributed by atoms with E-state index in [9.17, 15) is 14.7 Å². The molecule has 1 amide bonds. The van der Waals surface area contributed by atoms with Gasteiger partial charge >= 0.3 is 0 Å². The van der Waals surface area contributed by atoms with Crippen LogP contribution in [0.5, 0.6) is 0 Å². The quantitative estimate of drug-likeness (QED) is 0.660. The summed E-state index contributed by atoms with van der Waals surface area (Å²) in [6.45, 7) is 9.87. The molecule has 2 aliphatic rings. The second-order valence-corrected chi connectivity index (χ2v) is 9.43. The first-order valence-electron chi connectivity index (χ1n) is 10.9. The summed E-state index contributed by atoms with van der Waals surface area (Å²) in [5, 5.41) is 14.1. The number of halogens is 2. The lowest BCUT2D eigenvalue weighted by Gasteiger charge is -2.39. The average Bonchev–Trinajstić information content (AvgIpc) is 2.70. The molecule has 0 radical (unpaired) electrons. The zero-order chi connectivity index (χ0) is 21.9. The van der Waals surface area contributed by atoms with E-state index in [1.54, 1.807) is 11.5 Å². The number of aromatic nitrogens is 1. The molecule has 3 rings (SSSR count). The summed E-state index contributed by atoms with van der Waals surface area (Å²) >= 11 is 6.26. The molecule has 0 unspecified atom stereocenters. The van der Waals surface area contributed by atoms with Gasteiger partial charge in [-0.25, -0.2) is 0 Å². The Balaban J connectivity index is 0.00000341. The van der Waals surface area contributed by atoms with E-state index in [0.29, 0.717) is 55.8 Å². The van der Waals surface area contributed by atoms with Crippen LogP contribution < -0.4 is 10.9 Å². The number of nitrogens with one attached hydrogen (secondary N) is 1. The van der Waals surface area contributed by atoms with E-state index in [-0.39, 0.29) is 35.5 Å². The molecule has 0 saturated carbocycles. The lowest BCUT2D eigenvalue weighted by atomic mass is 9.91. The first-order chi connectivity index (χ1) is 14.2. The number of piperidine rings is 1. The van der Waals surface area contributed by atoms with Crippen LogP contribution in [0.25, 0.3) is 0 Å². The van der Waals surface area contributed by atoms with Crippen molar-refractivity contribution in [2.75, 3.05) is 39.4 Å². The molecule has 2 fully saturated rings. The van der Waals surface area contributed by atoms with E-state index in [4.69, 9.17) is 16.3 Å². The Morgan fingerprint density at radius 2 is 1.94 bits per heavy atom. The number of pyridine rings is 1. The maximum Gasteiger partial charge on any atom is 0.263 e. The van der Waals surface area contributed by atoms with Gasteiger partial charge in [-0.3, -0.25) is 9.59 Å². The third-order valence-electron chi connectivity index (χ3n) is 6.39.